The van der Waals surface area contributed by atoms with E-state index in [-0.39, 0.29) is 6.04 Å². The molecule has 0 radical (unpaired) electrons. The summed E-state index contributed by atoms with van der Waals surface area (Å²) in [5.41, 5.74) is 2.07. The summed E-state index contributed by atoms with van der Waals surface area (Å²) in [7, 11) is 0. The topological polar surface area (TPSA) is 55.1 Å². The van der Waals surface area contributed by atoms with E-state index in [1.165, 1.54) is 16.1 Å². The zero-order valence-corrected chi connectivity index (χ0v) is 16.6. The van der Waals surface area contributed by atoms with Crippen molar-refractivity contribution in [3.63, 3.8) is 0 Å². The number of benzene rings is 2. The number of aromatic nitrogens is 3. The molecule has 0 aliphatic carbocycles. The summed E-state index contributed by atoms with van der Waals surface area (Å²) < 4.78 is 7.27. The van der Waals surface area contributed by atoms with Gasteiger partial charge in [0.15, 0.2) is 0 Å². The highest BCUT2D eigenvalue weighted by Crippen LogP contribution is 2.35. The lowest BCUT2D eigenvalue weighted by Crippen LogP contribution is -2.36. The Morgan fingerprint density at radius 1 is 1.07 bits per heavy atom. The molecule has 142 valence electrons. The van der Waals surface area contributed by atoms with Gasteiger partial charge in [-0.2, -0.15) is 0 Å². The van der Waals surface area contributed by atoms with Crippen molar-refractivity contribution in [2.75, 3.05) is 13.1 Å². The molecule has 5 nitrogen and oxygen atoms in total. The third-order valence-corrected chi connectivity index (χ3v) is 6.68. The summed E-state index contributed by atoms with van der Waals surface area (Å²) in [6.45, 7) is 4.18. The van der Waals surface area contributed by atoms with Gasteiger partial charge >= 0.3 is 0 Å². The van der Waals surface area contributed by atoms with Crippen LogP contribution in [0.2, 0.25) is 0 Å². The Morgan fingerprint density at radius 3 is 2.75 bits per heavy atom. The fourth-order valence-corrected chi connectivity index (χ4v) is 4.97. The van der Waals surface area contributed by atoms with Crippen molar-refractivity contribution in [1.29, 1.82) is 0 Å². The SMILES string of the molecule is C[C@H](c1nnc(-c2ccccc2)o1)N1CCC[C@@H](c2nc3ccccc3s2)C1. The first kappa shape index (κ1) is 17.5. The van der Waals surface area contributed by atoms with Crippen LogP contribution in [0.25, 0.3) is 21.7 Å². The smallest absolute Gasteiger partial charge is 0.247 e. The number of para-hydroxylation sites is 1. The van der Waals surface area contributed by atoms with Crippen LogP contribution in [0.1, 0.15) is 42.6 Å². The second-order valence-electron chi connectivity index (χ2n) is 7.34. The molecule has 6 heteroatoms. The molecule has 1 aliphatic rings. The normalized spacial score (nSPS) is 19.1. The molecule has 28 heavy (non-hydrogen) atoms. The number of rotatable bonds is 4. The van der Waals surface area contributed by atoms with Gasteiger partial charge < -0.3 is 4.42 Å². The lowest BCUT2D eigenvalue weighted by Gasteiger charge is -2.34. The highest BCUT2D eigenvalue weighted by Gasteiger charge is 2.29. The van der Waals surface area contributed by atoms with E-state index in [2.05, 4.69) is 46.3 Å². The molecule has 1 aliphatic heterocycles. The van der Waals surface area contributed by atoms with Crippen LogP contribution in [0, 0.1) is 0 Å². The summed E-state index contributed by atoms with van der Waals surface area (Å²) in [6.07, 6.45) is 2.34. The van der Waals surface area contributed by atoms with Gasteiger partial charge in [0.25, 0.3) is 0 Å². The summed E-state index contributed by atoms with van der Waals surface area (Å²) in [4.78, 5) is 7.33. The Labute approximate surface area is 168 Å². The minimum absolute atomic E-state index is 0.0992. The molecule has 2 aromatic heterocycles. The van der Waals surface area contributed by atoms with Gasteiger partial charge in [-0.05, 0) is 50.6 Å². The number of hydrogen-bond acceptors (Lipinski definition) is 6. The Bertz CT molecular complexity index is 1040. The van der Waals surface area contributed by atoms with Crippen LogP contribution in [0.3, 0.4) is 0 Å². The molecular formula is C22H22N4OS. The van der Waals surface area contributed by atoms with E-state index >= 15 is 0 Å². The van der Waals surface area contributed by atoms with Gasteiger partial charge in [0.2, 0.25) is 11.8 Å². The van der Waals surface area contributed by atoms with E-state index in [1.807, 2.05) is 41.7 Å². The van der Waals surface area contributed by atoms with Crippen molar-refractivity contribution < 1.29 is 4.42 Å². The molecule has 1 saturated heterocycles. The second kappa shape index (κ2) is 7.45. The van der Waals surface area contributed by atoms with Gasteiger partial charge in [0.1, 0.15) is 0 Å². The fourth-order valence-electron chi connectivity index (χ4n) is 3.88. The molecular weight excluding hydrogens is 368 g/mol. The Kier molecular flexibility index (Phi) is 4.66. The third kappa shape index (κ3) is 3.34. The first-order valence-corrected chi connectivity index (χ1v) is 10.6. The second-order valence-corrected chi connectivity index (χ2v) is 8.40. The zero-order valence-electron chi connectivity index (χ0n) is 15.8. The largest absolute Gasteiger partial charge is 0.419 e. The molecule has 0 bridgehead atoms. The van der Waals surface area contributed by atoms with Crippen LogP contribution in [0.15, 0.2) is 59.0 Å². The van der Waals surface area contributed by atoms with Crippen molar-refractivity contribution in [2.45, 2.75) is 31.7 Å². The van der Waals surface area contributed by atoms with Crippen molar-refractivity contribution in [1.82, 2.24) is 20.1 Å². The molecule has 0 unspecified atom stereocenters. The first-order valence-electron chi connectivity index (χ1n) is 9.76. The van der Waals surface area contributed by atoms with Gasteiger partial charge in [-0.25, -0.2) is 4.98 Å². The molecule has 1 fully saturated rings. The van der Waals surface area contributed by atoms with Gasteiger partial charge in [0.05, 0.1) is 21.3 Å². The van der Waals surface area contributed by atoms with E-state index in [9.17, 15) is 0 Å². The maximum Gasteiger partial charge on any atom is 0.247 e. The van der Waals surface area contributed by atoms with Crippen LogP contribution in [0.5, 0.6) is 0 Å². The average molecular weight is 391 g/mol. The number of thiazole rings is 1. The molecule has 3 heterocycles. The van der Waals surface area contributed by atoms with E-state index in [0.717, 1.165) is 30.6 Å². The number of piperidine rings is 1. The van der Waals surface area contributed by atoms with E-state index in [0.29, 0.717) is 17.7 Å². The van der Waals surface area contributed by atoms with Crippen molar-refractivity contribution in [3.05, 3.63) is 65.5 Å². The van der Waals surface area contributed by atoms with Crippen LogP contribution < -0.4 is 0 Å². The van der Waals surface area contributed by atoms with E-state index < -0.39 is 0 Å². The van der Waals surface area contributed by atoms with Crippen molar-refractivity contribution in [3.8, 4) is 11.5 Å². The average Bonchev–Trinajstić information content (AvgIpc) is 3.41. The number of likely N-dealkylation sites (tertiary alicyclic amines) is 1. The maximum absolute atomic E-state index is 6.00. The molecule has 2 atom stereocenters. The monoisotopic (exact) mass is 390 g/mol. The van der Waals surface area contributed by atoms with Crippen LogP contribution in [-0.2, 0) is 0 Å². The van der Waals surface area contributed by atoms with Gasteiger partial charge in [0, 0.05) is 18.0 Å². The standard InChI is InChI=1S/C22H22N4OS/c1-15(20-24-25-21(27-20)16-8-3-2-4-9-16)26-13-7-10-17(14-26)22-23-18-11-5-6-12-19(18)28-22/h2-6,8-9,11-12,15,17H,7,10,13-14H2,1H3/t15-,17-/m1/s1. The van der Waals surface area contributed by atoms with E-state index in [4.69, 9.17) is 9.40 Å². The number of fused-ring (bicyclic) bond motifs is 1. The molecule has 0 amide bonds. The predicted octanol–water partition coefficient (Wildman–Crippen LogP) is 5.29. The number of nitrogens with zero attached hydrogens (tertiary/aromatic N) is 4. The molecule has 0 spiro atoms. The summed E-state index contributed by atoms with van der Waals surface area (Å²) >= 11 is 1.83. The molecule has 2 aromatic carbocycles. The minimum Gasteiger partial charge on any atom is -0.419 e. The Hall–Kier alpha value is -2.57. The molecule has 0 N–H and O–H groups in total. The van der Waals surface area contributed by atoms with Gasteiger partial charge in [-0.15, -0.1) is 21.5 Å². The lowest BCUT2D eigenvalue weighted by atomic mass is 9.97. The lowest BCUT2D eigenvalue weighted by molar-refractivity contribution is 0.139. The van der Waals surface area contributed by atoms with Gasteiger partial charge in [-0.3, -0.25) is 4.90 Å². The van der Waals surface area contributed by atoms with Crippen LogP contribution in [-0.4, -0.2) is 33.2 Å². The number of hydrogen-bond donors (Lipinski definition) is 0. The first-order chi connectivity index (χ1) is 13.8. The Balaban J connectivity index is 1.34. The minimum atomic E-state index is 0.0992. The maximum atomic E-state index is 6.00. The summed E-state index contributed by atoms with van der Waals surface area (Å²) in [5.74, 6) is 1.73. The van der Waals surface area contributed by atoms with Crippen molar-refractivity contribution >= 4 is 21.6 Å². The quantitative estimate of drug-likeness (QED) is 0.474. The van der Waals surface area contributed by atoms with Gasteiger partial charge in [-0.1, -0.05) is 30.3 Å². The third-order valence-electron chi connectivity index (χ3n) is 5.48. The molecule has 0 saturated carbocycles. The summed E-state index contributed by atoms with van der Waals surface area (Å²) in [6, 6.07) is 18.4. The van der Waals surface area contributed by atoms with Crippen LogP contribution in [0.4, 0.5) is 0 Å². The summed E-state index contributed by atoms with van der Waals surface area (Å²) in [5, 5.41) is 9.83. The van der Waals surface area contributed by atoms with Crippen molar-refractivity contribution in [2.24, 2.45) is 0 Å². The van der Waals surface area contributed by atoms with Crippen LogP contribution >= 0.6 is 11.3 Å². The predicted molar refractivity (Wildman–Crippen MR) is 111 cm³/mol. The Morgan fingerprint density at radius 2 is 1.89 bits per heavy atom. The fraction of sp³-hybridized carbons (Fsp3) is 0.318. The molecule has 5 rings (SSSR count). The zero-order chi connectivity index (χ0) is 18.9. The highest BCUT2D eigenvalue weighted by molar-refractivity contribution is 7.18. The van der Waals surface area contributed by atoms with E-state index in [1.54, 1.807) is 0 Å². The molecule has 4 aromatic rings. The highest BCUT2D eigenvalue weighted by atomic mass is 32.1.